The molecule has 1 heterocycles. The molecular weight excluding hydrogens is 249 g/mol. The summed E-state index contributed by atoms with van der Waals surface area (Å²) in [6.45, 7) is 2.20. The third kappa shape index (κ3) is 2.41. The summed E-state index contributed by atoms with van der Waals surface area (Å²) in [6.07, 6.45) is -4.61. The van der Waals surface area contributed by atoms with Crippen LogP contribution in [0.5, 0.6) is 5.75 Å². The second-order valence-electron chi connectivity index (χ2n) is 3.34. The van der Waals surface area contributed by atoms with Gasteiger partial charge in [0.1, 0.15) is 5.75 Å². The largest absolute Gasteiger partial charge is 0.494 e. The summed E-state index contributed by atoms with van der Waals surface area (Å²) >= 11 is 0. The van der Waals surface area contributed by atoms with Crippen molar-refractivity contribution in [2.24, 2.45) is 0 Å². The fourth-order valence-electron chi connectivity index (χ4n) is 1.41. The first-order valence-electron chi connectivity index (χ1n) is 5.11. The molecule has 0 aliphatic rings. The molecule has 2 aromatic rings. The average Bonchev–Trinajstić information content (AvgIpc) is 2.78. The Hall–Kier alpha value is -2.12. The Kier molecular flexibility index (Phi) is 3.17. The molecule has 1 aromatic heterocycles. The maximum atomic E-state index is 12.6. The van der Waals surface area contributed by atoms with Crippen LogP contribution in [0.3, 0.4) is 0 Å². The number of nitrogens with zero attached hydrogens (tertiary/aromatic N) is 4. The van der Waals surface area contributed by atoms with Gasteiger partial charge in [-0.15, -0.1) is 5.10 Å². The van der Waals surface area contributed by atoms with Crippen molar-refractivity contribution in [1.82, 2.24) is 20.2 Å². The van der Waals surface area contributed by atoms with Gasteiger partial charge < -0.3 is 4.74 Å². The number of tetrazole rings is 1. The van der Waals surface area contributed by atoms with E-state index in [1.807, 2.05) is 0 Å². The number of aromatic nitrogens is 4. The van der Waals surface area contributed by atoms with Crippen LogP contribution in [0, 0.1) is 0 Å². The first-order chi connectivity index (χ1) is 8.52. The van der Waals surface area contributed by atoms with E-state index in [9.17, 15) is 13.2 Å². The SMILES string of the molecule is CCOc1cccc(-n2nnnc2C(F)(F)F)c1. The van der Waals surface area contributed by atoms with Gasteiger partial charge in [-0.2, -0.15) is 17.9 Å². The molecule has 0 atom stereocenters. The summed E-state index contributed by atoms with van der Waals surface area (Å²) < 4.78 is 43.7. The number of hydrogen-bond donors (Lipinski definition) is 0. The van der Waals surface area contributed by atoms with Crippen molar-refractivity contribution >= 4 is 0 Å². The molecule has 0 aliphatic heterocycles. The van der Waals surface area contributed by atoms with Crippen LogP contribution in [0.2, 0.25) is 0 Å². The molecule has 2 rings (SSSR count). The van der Waals surface area contributed by atoms with Gasteiger partial charge in [-0.3, -0.25) is 0 Å². The van der Waals surface area contributed by atoms with Gasteiger partial charge >= 0.3 is 6.18 Å². The Balaban J connectivity index is 2.43. The molecule has 0 bridgehead atoms. The van der Waals surface area contributed by atoms with Gasteiger partial charge in [0.2, 0.25) is 0 Å². The summed E-state index contributed by atoms with van der Waals surface area (Å²) in [5, 5.41) is 9.35. The maximum Gasteiger partial charge on any atom is 0.453 e. The molecule has 0 radical (unpaired) electrons. The molecule has 0 fully saturated rings. The first kappa shape index (κ1) is 12.3. The third-order valence-electron chi connectivity index (χ3n) is 2.10. The number of ether oxygens (including phenoxy) is 1. The Bertz CT molecular complexity index is 538. The minimum absolute atomic E-state index is 0.193. The molecule has 8 heteroatoms. The monoisotopic (exact) mass is 258 g/mol. The normalized spacial score (nSPS) is 11.6. The first-order valence-corrected chi connectivity index (χ1v) is 5.11. The lowest BCUT2D eigenvalue weighted by atomic mass is 10.3. The molecule has 0 spiro atoms. The molecular formula is C10H9F3N4O. The second kappa shape index (κ2) is 4.63. The number of benzene rings is 1. The van der Waals surface area contributed by atoms with Gasteiger partial charge in [0.25, 0.3) is 5.82 Å². The topological polar surface area (TPSA) is 52.8 Å². The molecule has 0 amide bonds. The van der Waals surface area contributed by atoms with E-state index in [1.165, 1.54) is 12.1 Å². The molecule has 0 aliphatic carbocycles. The van der Waals surface area contributed by atoms with Crippen LogP contribution in [0.4, 0.5) is 13.2 Å². The molecule has 0 unspecified atom stereocenters. The third-order valence-corrected chi connectivity index (χ3v) is 2.10. The van der Waals surface area contributed by atoms with E-state index in [4.69, 9.17) is 4.74 Å². The van der Waals surface area contributed by atoms with Crippen LogP contribution in [-0.4, -0.2) is 26.8 Å². The van der Waals surface area contributed by atoms with Gasteiger partial charge in [0, 0.05) is 6.07 Å². The maximum absolute atomic E-state index is 12.6. The molecule has 0 saturated heterocycles. The molecule has 96 valence electrons. The number of halogens is 3. The highest BCUT2D eigenvalue weighted by Crippen LogP contribution is 2.28. The van der Waals surface area contributed by atoms with Crippen molar-refractivity contribution < 1.29 is 17.9 Å². The minimum Gasteiger partial charge on any atom is -0.494 e. The highest BCUT2D eigenvalue weighted by atomic mass is 19.4. The highest BCUT2D eigenvalue weighted by Gasteiger charge is 2.38. The Morgan fingerprint density at radius 3 is 2.78 bits per heavy atom. The predicted molar refractivity (Wildman–Crippen MR) is 55.3 cm³/mol. The zero-order chi connectivity index (χ0) is 13.2. The minimum atomic E-state index is -4.61. The van der Waals surface area contributed by atoms with Crippen LogP contribution in [0.15, 0.2) is 24.3 Å². The van der Waals surface area contributed by atoms with E-state index in [0.717, 1.165) is 0 Å². The van der Waals surface area contributed by atoms with Crippen molar-refractivity contribution in [3.63, 3.8) is 0 Å². The summed E-state index contributed by atoms with van der Waals surface area (Å²) in [5.41, 5.74) is 0.193. The fourth-order valence-corrected chi connectivity index (χ4v) is 1.41. The summed E-state index contributed by atoms with van der Waals surface area (Å²) in [5.74, 6) is -0.713. The van der Waals surface area contributed by atoms with Gasteiger partial charge in [0.05, 0.1) is 12.3 Å². The van der Waals surface area contributed by atoms with Crippen LogP contribution in [0.1, 0.15) is 12.7 Å². The van der Waals surface area contributed by atoms with Gasteiger partial charge in [0.15, 0.2) is 0 Å². The van der Waals surface area contributed by atoms with Crippen molar-refractivity contribution in [2.45, 2.75) is 13.1 Å². The molecule has 5 nitrogen and oxygen atoms in total. The van der Waals surface area contributed by atoms with Gasteiger partial charge in [-0.05, 0) is 29.5 Å². The Morgan fingerprint density at radius 1 is 1.33 bits per heavy atom. The second-order valence-corrected chi connectivity index (χ2v) is 3.34. The van der Waals surface area contributed by atoms with Crippen LogP contribution >= 0.6 is 0 Å². The summed E-state index contributed by atoms with van der Waals surface area (Å²) in [6, 6.07) is 6.12. The number of rotatable bonds is 3. The fraction of sp³-hybridized carbons (Fsp3) is 0.300. The Morgan fingerprint density at radius 2 is 2.11 bits per heavy atom. The predicted octanol–water partition coefficient (Wildman–Crippen LogP) is 2.08. The number of alkyl halides is 3. The van der Waals surface area contributed by atoms with Crippen LogP contribution in [0.25, 0.3) is 5.69 Å². The number of hydrogen-bond acceptors (Lipinski definition) is 4. The van der Waals surface area contributed by atoms with Crippen molar-refractivity contribution in [3.05, 3.63) is 30.1 Å². The van der Waals surface area contributed by atoms with E-state index in [0.29, 0.717) is 17.0 Å². The van der Waals surface area contributed by atoms with E-state index in [-0.39, 0.29) is 5.69 Å². The Labute approximate surface area is 100 Å². The zero-order valence-corrected chi connectivity index (χ0v) is 9.35. The lowest BCUT2D eigenvalue weighted by Gasteiger charge is -2.08. The molecule has 1 aromatic carbocycles. The van der Waals surface area contributed by atoms with E-state index in [1.54, 1.807) is 19.1 Å². The van der Waals surface area contributed by atoms with E-state index >= 15 is 0 Å². The van der Waals surface area contributed by atoms with Crippen molar-refractivity contribution in [1.29, 1.82) is 0 Å². The lowest BCUT2D eigenvalue weighted by molar-refractivity contribution is -0.146. The van der Waals surface area contributed by atoms with E-state index < -0.39 is 12.0 Å². The average molecular weight is 258 g/mol. The standard InChI is InChI=1S/C10H9F3N4O/c1-2-18-8-5-3-4-7(6-8)17-9(10(11,12)13)14-15-16-17/h3-6H,2H2,1H3. The quantitative estimate of drug-likeness (QED) is 0.845. The lowest BCUT2D eigenvalue weighted by Crippen LogP contribution is -2.14. The van der Waals surface area contributed by atoms with Gasteiger partial charge in [-0.25, -0.2) is 0 Å². The molecule has 0 saturated carbocycles. The smallest absolute Gasteiger partial charge is 0.453 e. The van der Waals surface area contributed by atoms with E-state index in [2.05, 4.69) is 15.5 Å². The molecule has 18 heavy (non-hydrogen) atoms. The van der Waals surface area contributed by atoms with Gasteiger partial charge in [-0.1, -0.05) is 6.07 Å². The molecule has 0 N–H and O–H groups in total. The van der Waals surface area contributed by atoms with Crippen LogP contribution < -0.4 is 4.74 Å². The zero-order valence-electron chi connectivity index (χ0n) is 9.35. The summed E-state index contributed by atoms with van der Waals surface area (Å²) in [4.78, 5) is 0. The van der Waals surface area contributed by atoms with Crippen LogP contribution in [-0.2, 0) is 6.18 Å². The summed E-state index contributed by atoms with van der Waals surface area (Å²) in [7, 11) is 0. The highest BCUT2D eigenvalue weighted by molar-refractivity contribution is 5.39. The van der Waals surface area contributed by atoms with Crippen molar-refractivity contribution in [2.75, 3.05) is 6.61 Å². The van der Waals surface area contributed by atoms with Crippen molar-refractivity contribution in [3.8, 4) is 11.4 Å².